The monoisotopic (exact) mass is 213 g/mol. The van der Waals surface area contributed by atoms with Gasteiger partial charge in [-0.05, 0) is 6.26 Å². The summed E-state index contributed by atoms with van der Waals surface area (Å²) in [5, 5.41) is 0.625. The summed E-state index contributed by atoms with van der Waals surface area (Å²) in [6.07, 6.45) is 2.00. The molecule has 1 aromatic rings. The minimum atomic E-state index is 0.110. The van der Waals surface area contributed by atoms with Crippen LogP contribution in [0.2, 0.25) is 0 Å². The first kappa shape index (κ1) is 9.54. The zero-order chi connectivity index (χ0) is 9.97. The van der Waals surface area contributed by atoms with E-state index in [1.807, 2.05) is 6.26 Å². The van der Waals surface area contributed by atoms with E-state index in [1.165, 1.54) is 11.8 Å². The Balaban J connectivity index is 2.11. The topological polar surface area (TPSA) is 70.3 Å². The van der Waals surface area contributed by atoms with Gasteiger partial charge in [-0.2, -0.15) is 4.98 Å². The molecule has 6 heteroatoms. The summed E-state index contributed by atoms with van der Waals surface area (Å²) in [5.41, 5.74) is 5.59. The van der Waals surface area contributed by atoms with E-state index < -0.39 is 0 Å². The average Bonchev–Trinajstić information content (AvgIpc) is 2.10. The van der Waals surface area contributed by atoms with Gasteiger partial charge in [0.05, 0.1) is 13.2 Å². The Morgan fingerprint density at radius 1 is 1.57 bits per heavy atom. The number of rotatable bonds is 3. The number of aromatic nitrogens is 2. The SMILES string of the molecule is CSc1nc(N)cc(OC2COC2)n1. The average molecular weight is 213 g/mol. The summed E-state index contributed by atoms with van der Waals surface area (Å²) < 4.78 is 10.5. The Morgan fingerprint density at radius 2 is 2.36 bits per heavy atom. The predicted molar refractivity (Wildman–Crippen MR) is 53.5 cm³/mol. The van der Waals surface area contributed by atoms with Gasteiger partial charge in [0.2, 0.25) is 5.88 Å². The van der Waals surface area contributed by atoms with Gasteiger partial charge in [-0.1, -0.05) is 11.8 Å². The van der Waals surface area contributed by atoms with Crippen LogP contribution in [0.4, 0.5) is 5.82 Å². The van der Waals surface area contributed by atoms with Crippen molar-refractivity contribution in [3.63, 3.8) is 0 Å². The fraction of sp³-hybridized carbons (Fsp3) is 0.500. The fourth-order valence-corrected chi connectivity index (χ4v) is 1.40. The molecule has 0 bridgehead atoms. The Hall–Kier alpha value is -1.01. The number of hydrogen-bond acceptors (Lipinski definition) is 6. The molecule has 2 N–H and O–H groups in total. The number of nitrogen functional groups attached to an aromatic ring is 1. The normalized spacial score (nSPS) is 16.4. The van der Waals surface area contributed by atoms with E-state index >= 15 is 0 Å². The maximum Gasteiger partial charge on any atom is 0.219 e. The lowest BCUT2D eigenvalue weighted by molar-refractivity contribution is -0.0815. The largest absolute Gasteiger partial charge is 0.469 e. The van der Waals surface area contributed by atoms with Crippen LogP contribution in [0.15, 0.2) is 11.2 Å². The first-order valence-corrected chi connectivity index (χ1v) is 5.43. The second-order valence-corrected chi connectivity index (χ2v) is 3.67. The molecule has 1 fully saturated rings. The fourth-order valence-electron chi connectivity index (χ4n) is 1.03. The predicted octanol–water partition coefficient (Wildman–Crippen LogP) is 0.558. The third-order valence-electron chi connectivity index (χ3n) is 1.78. The minimum absolute atomic E-state index is 0.110. The number of ether oxygens (including phenoxy) is 2. The highest BCUT2D eigenvalue weighted by molar-refractivity contribution is 7.98. The first-order valence-electron chi connectivity index (χ1n) is 4.21. The Labute approximate surface area is 86.0 Å². The van der Waals surface area contributed by atoms with Gasteiger partial charge in [-0.25, -0.2) is 4.98 Å². The Morgan fingerprint density at radius 3 is 2.93 bits per heavy atom. The number of nitrogens with two attached hydrogens (primary N) is 1. The molecule has 1 aliphatic heterocycles. The van der Waals surface area contributed by atoms with Gasteiger partial charge >= 0.3 is 0 Å². The van der Waals surface area contributed by atoms with Crippen molar-refractivity contribution in [1.82, 2.24) is 9.97 Å². The molecule has 0 spiro atoms. The van der Waals surface area contributed by atoms with Crippen molar-refractivity contribution in [2.24, 2.45) is 0 Å². The molecule has 0 amide bonds. The lowest BCUT2D eigenvalue weighted by Crippen LogP contribution is -2.38. The van der Waals surface area contributed by atoms with E-state index in [0.717, 1.165) is 0 Å². The minimum Gasteiger partial charge on any atom is -0.469 e. The van der Waals surface area contributed by atoms with Crippen LogP contribution in [0.1, 0.15) is 0 Å². The Bertz CT molecular complexity index is 330. The standard InChI is InChI=1S/C8H11N3O2S/c1-14-8-10-6(9)2-7(11-8)13-5-3-12-4-5/h2,5H,3-4H2,1H3,(H2,9,10,11). The molecule has 2 heterocycles. The van der Waals surface area contributed by atoms with Crippen molar-refractivity contribution < 1.29 is 9.47 Å². The molecule has 0 unspecified atom stereocenters. The number of nitrogens with zero attached hydrogens (tertiary/aromatic N) is 2. The lowest BCUT2D eigenvalue weighted by Gasteiger charge is -2.26. The zero-order valence-electron chi connectivity index (χ0n) is 7.77. The van der Waals surface area contributed by atoms with Crippen LogP contribution >= 0.6 is 11.8 Å². The molecule has 0 atom stereocenters. The van der Waals surface area contributed by atoms with E-state index in [0.29, 0.717) is 30.1 Å². The summed E-state index contributed by atoms with van der Waals surface area (Å²) in [6, 6.07) is 1.62. The van der Waals surface area contributed by atoms with Gasteiger partial charge in [0.15, 0.2) is 5.16 Å². The molecule has 5 nitrogen and oxygen atoms in total. The third kappa shape index (κ3) is 2.08. The smallest absolute Gasteiger partial charge is 0.219 e. The van der Waals surface area contributed by atoms with E-state index in [-0.39, 0.29) is 6.10 Å². The molecule has 1 saturated heterocycles. The number of thioether (sulfide) groups is 1. The van der Waals surface area contributed by atoms with Gasteiger partial charge < -0.3 is 15.2 Å². The third-order valence-corrected chi connectivity index (χ3v) is 2.33. The highest BCUT2D eigenvalue weighted by Gasteiger charge is 2.21. The van der Waals surface area contributed by atoms with E-state index in [1.54, 1.807) is 6.07 Å². The van der Waals surface area contributed by atoms with Crippen LogP contribution in [-0.2, 0) is 4.74 Å². The lowest BCUT2D eigenvalue weighted by atomic mass is 10.3. The van der Waals surface area contributed by atoms with Crippen molar-refractivity contribution in [3.05, 3.63) is 6.07 Å². The summed E-state index contributed by atoms with van der Waals surface area (Å²) in [7, 11) is 0. The molecule has 14 heavy (non-hydrogen) atoms. The second-order valence-electron chi connectivity index (χ2n) is 2.90. The van der Waals surface area contributed by atoms with E-state index in [2.05, 4.69) is 9.97 Å². The van der Waals surface area contributed by atoms with Gasteiger partial charge in [-0.15, -0.1) is 0 Å². The van der Waals surface area contributed by atoms with Crippen molar-refractivity contribution in [1.29, 1.82) is 0 Å². The van der Waals surface area contributed by atoms with E-state index in [9.17, 15) is 0 Å². The summed E-state index contributed by atoms with van der Waals surface area (Å²) in [4.78, 5) is 8.19. The molecule has 0 aliphatic carbocycles. The summed E-state index contributed by atoms with van der Waals surface area (Å²) in [5.74, 6) is 0.953. The summed E-state index contributed by atoms with van der Waals surface area (Å²) >= 11 is 1.44. The molecule has 0 aromatic carbocycles. The molecular weight excluding hydrogens is 202 g/mol. The maximum atomic E-state index is 5.59. The molecular formula is C8H11N3O2S. The van der Waals surface area contributed by atoms with Gasteiger partial charge in [0.25, 0.3) is 0 Å². The van der Waals surface area contributed by atoms with Crippen LogP contribution < -0.4 is 10.5 Å². The molecule has 0 saturated carbocycles. The zero-order valence-corrected chi connectivity index (χ0v) is 8.58. The van der Waals surface area contributed by atoms with Crippen molar-refractivity contribution >= 4 is 17.6 Å². The van der Waals surface area contributed by atoms with Gasteiger partial charge in [0, 0.05) is 6.07 Å². The number of anilines is 1. The second kappa shape index (κ2) is 4.02. The molecule has 0 radical (unpaired) electrons. The van der Waals surface area contributed by atoms with Crippen LogP contribution in [0.3, 0.4) is 0 Å². The van der Waals surface area contributed by atoms with Crippen LogP contribution in [0.5, 0.6) is 5.88 Å². The number of hydrogen-bond donors (Lipinski definition) is 1. The van der Waals surface area contributed by atoms with E-state index in [4.69, 9.17) is 15.2 Å². The highest BCUT2D eigenvalue weighted by atomic mass is 32.2. The van der Waals surface area contributed by atoms with Crippen LogP contribution in [0, 0.1) is 0 Å². The maximum absolute atomic E-state index is 5.59. The summed E-state index contributed by atoms with van der Waals surface area (Å²) in [6.45, 7) is 1.25. The quantitative estimate of drug-likeness (QED) is 0.584. The van der Waals surface area contributed by atoms with Crippen molar-refractivity contribution in [3.8, 4) is 5.88 Å². The van der Waals surface area contributed by atoms with Crippen LogP contribution in [-0.4, -0.2) is 35.5 Å². The molecule has 2 rings (SSSR count). The molecule has 1 aliphatic rings. The van der Waals surface area contributed by atoms with Crippen molar-refractivity contribution in [2.45, 2.75) is 11.3 Å². The molecule has 76 valence electrons. The van der Waals surface area contributed by atoms with Gasteiger partial charge in [-0.3, -0.25) is 0 Å². The van der Waals surface area contributed by atoms with Gasteiger partial charge in [0.1, 0.15) is 11.9 Å². The highest BCUT2D eigenvalue weighted by Crippen LogP contribution is 2.19. The molecule has 1 aromatic heterocycles. The van der Waals surface area contributed by atoms with Crippen molar-refractivity contribution in [2.75, 3.05) is 25.2 Å². The Kier molecular flexibility index (Phi) is 2.74. The van der Waals surface area contributed by atoms with Crippen LogP contribution in [0.25, 0.3) is 0 Å². The first-order chi connectivity index (χ1) is 6.78.